The average molecular weight is 494 g/mol. The van der Waals surface area contributed by atoms with E-state index in [1.165, 1.54) is 16.5 Å². The maximum Gasteiger partial charge on any atom is 0.191 e. The minimum absolute atomic E-state index is 0. The highest BCUT2D eigenvalue weighted by Gasteiger charge is 2.01. The van der Waals surface area contributed by atoms with Gasteiger partial charge < -0.3 is 15.2 Å². The lowest BCUT2D eigenvalue weighted by molar-refractivity contribution is 0.569. The predicted octanol–water partition coefficient (Wildman–Crippen LogP) is 3.80. The van der Waals surface area contributed by atoms with E-state index in [9.17, 15) is 0 Å². The van der Waals surface area contributed by atoms with Crippen LogP contribution in [0.15, 0.2) is 53.9 Å². The van der Waals surface area contributed by atoms with E-state index in [4.69, 9.17) is 4.99 Å². The molecule has 3 rings (SSSR count). The number of rotatable bonds is 9. The molecule has 0 atom stereocenters. The van der Waals surface area contributed by atoms with Crippen molar-refractivity contribution in [3.05, 3.63) is 54.5 Å². The fourth-order valence-corrected chi connectivity index (χ4v) is 3.15. The summed E-state index contributed by atoms with van der Waals surface area (Å²) in [6.45, 7) is 8.61. The van der Waals surface area contributed by atoms with Crippen molar-refractivity contribution in [2.45, 2.75) is 39.8 Å². The molecule has 152 valence electrons. The number of aliphatic imine (C=N–C) groups is 1. The smallest absolute Gasteiger partial charge is 0.191 e. The van der Waals surface area contributed by atoms with E-state index < -0.39 is 0 Å². The molecule has 2 aromatic heterocycles. The predicted molar refractivity (Wildman–Crippen MR) is 128 cm³/mol. The fraction of sp³-hybridized carbons (Fsp3) is 0.429. The number of aryl methyl sites for hydroxylation is 3. The van der Waals surface area contributed by atoms with Gasteiger partial charge in [-0.05, 0) is 49.8 Å². The minimum Gasteiger partial charge on any atom is -0.357 e. The molecule has 0 saturated carbocycles. The SMILES string of the molecule is CCNC(=NCCCn1ccc2ccccc21)NCCCn1cc(C)cn1.I. The van der Waals surface area contributed by atoms with Crippen LogP contribution < -0.4 is 10.6 Å². The molecule has 0 bridgehead atoms. The summed E-state index contributed by atoms with van der Waals surface area (Å²) in [6.07, 6.45) is 8.16. The molecule has 0 saturated heterocycles. The Morgan fingerprint density at radius 1 is 1.11 bits per heavy atom. The van der Waals surface area contributed by atoms with Crippen LogP contribution in [0.4, 0.5) is 0 Å². The van der Waals surface area contributed by atoms with Crippen LogP contribution in [0.25, 0.3) is 10.9 Å². The summed E-state index contributed by atoms with van der Waals surface area (Å²) < 4.78 is 4.29. The third-order valence-corrected chi connectivity index (χ3v) is 4.47. The molecule has 2 N–H and O–H groups in total. The quantitative estimate of drug-likeness (QED) is 0.206. The largest absolute Gasteiger partial charge is 0.357 e. The van der Waals surface area contributed by atoms with Gasteiger partial charge in [-0.15, -0.1) is 24.0 Å². The first-order chi connectivity index (χ1) is 13.3. The van der Waals surface area contributed by atoms with Crippen molar-refractivity contribution in [3.8, 4) is 0 Å². The molecule has 0 amide bonds. The molecule has 3 aromatic rings. The second kappa shape index (κ2) is 11.7. The van der Waals surface area contributed by atoms with Gasteiger partial charge in [-0.25, -0.2) is 0 Å². The Morgan fingerprint density at radius 3 is 2.75 bits per heavy atom. The van der Waals surface area contributed by atoms with Crippen LogP contribution in [-0.2, 0) is 13.1 Å². The summed E-state index contributed by atoms with van der Waals surface area (Å²) in [5.41, 5.74) is 2.49. The van der Waals surface area contributed by atoms with Crippen molar-refractivity contribution in [3.63, 3.8) is 0 Å². The monoisotopic (exact) mass is 494 g/mol. The summed E-state index contributed by atoms with van der Waals surface area (Å²) in [7, 11) is 0. The van der Waals surface area contributed by atoms with E-state index in [1.54, 1.807) is 0 Å². The summed E-state index contributed by atoms with van der Waals surface area (Å²) >= 11 is 0. The van der Waals surface area contributed by atoms with Gasteiger partial charge in [-0.2, -0.15) is 5.10 Å². The van der Waals surface area contributed by atoms with Crippen LogP contribution in [0.1, 0.15) is 25.3 Å². The van der Waals surface area contributed by atoms with Crippen LogP contribution in [0.3, 0.4) is 0 Å². The van der Waals surface area contributed by atoms with Gasteiger partial charge in [-0.1, -0.05) is 18.2 Å². The third kappa shape index (κ3) is 6.54. The van der Waals surface area contributed by atoms with E-state index in [-0.39, 0.29) is 24.0 Å². The van der Waals surface area contributed by atoms with Crippen molar-refractivity contribution < 1.29 is 0 Å². The van der Waals surface area contributed by atoms with Gasteiger partial charge >= 0.3 is 0 Å². The van der Waals surface area contributed by atoms with Crippen LogP contribution in [0.2, 0.25) is 0 Å². The van der Waals surface area contributed by atoms with Crippen LogP contribution in [0.5, 0.6) is 0 Å². The summed E-state index contributed by atoms with van der Waals surface area (Å²) in [5, 5.41) is 12.3. The Morgan fingerprint density at radius 2 is 1.96 bits per heavy atom. The molecular formula is C21H31IN6. The lowest BCUT2D eigenvalue weighted by Gasteiger charge is -2.11. The van der Waals surface area contributed by atoms with Gasteiger partial charge in [0.15, 0.2) is 5.96 Å². The number of benzene rings is 1. The number of nitrogens with one attached hydrogen (secondary N) is 2. The van der Waals surface area contributed by atoms with E-state index in [2.05, 4.69) is 76.9 Å². The van der Waals surface area contributed by atoms with Crippen LogP contribution in [-0.4, -0.2) is 39.9 Å². The lowest BCUT2D eigenvalue weighted by Crippen LogP contribution is -2.38. The molecule has 7 heteroatoms. The standard InChI is InChI=1S/C21H30N6.HI/c1-3-22-21(24-12-7-14-27-17-18(2)16-25-27)23-11-6-13-26-15-10-19-8-4-5-9-20(19)26;/h4-5,8-10,15-17H,3,6-7,11-14H2,1-2H3,(H2,22,23,24);1H. The first-order valence-corrected chi connectivity index (χ1v) is 9.81. The number of fused-ring (bicyclic) bond motifs is 1. The first-order valence-electron chi connectivity index (χ1n) is 9.81. The molecule has 0 aliphatic rings. The number of halogens is 1. The molecule has 0 fully saturated rings. The number of hydrogen-bond donors (Lipinski definition) is 2. The summed E-state index contributed by atoms with van der Waals surface area (Å²) in [5.74, 6) is 0.895. The van der Waals surface area contributed by atoms with Crippen molar-refractivity contribution in [1.82, 2.24) is 25.0 Å². The van der Waals surface area contributed by atoms with Gasteiger partial charge in [-0.3, -0.25) is 9.67 Å². The Hall–Kier alpha value is -2.03. The second-order valence-corrected chi connectivity index (χ2v) is 6.74. The van der Waals surface area contributed by atoms with Crippen molar-refractivity contribution in [2.24, 2.45) is 4.99 Å². The number of para-hydroxylation sites is 1. The molecule has 0 unspecified atom stereocenters. The second-order valence-electron chi connectivity index (χ2n) is 6.74. The fourth-order valence-electron chi connectivity index (χ4n) is 3.15. The van der Waals surface area contributed by atoms with Gasteiger partial charge in [0.25, 0.3) is 0 Å². The van der Waals surface area contributed by atoms with Crippen LogP contribution >= 0.6 is 24.0 Å². The Balaban J connectivity index is 0.00000280. The zero-order valence-electron chi connectivity index (χ0n) is 16.8. The van der Waals surface area contributed by atoms with E-state index >= 15 is 0 Å². The molecule has 0 spiro atoms. The molecule has 28 heavy (non-hydrogen) atoms. The highest BCUT2D eigenvalue weighted by Crippen LogP contribution is 2.15. The maximum absolute atomic E-state index is 4.70. The maximum atomic E-state index is 4.70. The lowest BCUT2D eigenvalue weighted by atomic mass is 10.2. The van der Waals surface area contributed by atoms with Gasteiger partial charge in [0.2, 0.25) is 0 Å². The number of aromatic nitrogens is 3. The summed E-state index contributed by atoms with van der Waals surface area (Å²) in [4.78, 5) is 4.70. The Bertz CT molecular complexity index is 867. The topological polar surface area (TPSA) is 59.2 Å². The molecular weight excluding hydrogens is 463 g/mol. The van der Waals surface area contributed by atoms with Crippen molar-refractivity contribution in [2.75, 3.05) is 19.6 Å². The molecule has 1 aromatic carbocycles. The molecule has 2 heterocycles. The minimum atomic E-state index is 0. The van der Waals surface area contributed by atoms with Crippen LogP contribution in [0, 0.1) is 6.92 Å². The first kappa shape index (κ1) is 22.3. The Labute approximate surface area is 184 Å². The van der Waals surface area contributed by atoms with Gasteiger partial charge in [0, 0.05) is 50.6 Å². The van der Waals surface area contributed by atoms with Gasteiger partial charge in [0.05, 0.1) is 6.20 Å². The molecule has 0 aliphatic heterocycles. The third-order valence-electron chi connectivity index (χ3n) is 4.47. The normalized spacial score (nSPS) is 11.4. The number of nitrogens with zero attached hydrogens (tertiary/aromatic N) is 4. The number of guanidine groups is 1. The van der Waals surface area contributed by atoms with Crippen molar-refractivity contribution in [1.29, 1.82) is 0 Å². The highest BCUT2D eigenvalue weighted by atomic mass is 127. The average Bonchev–Trinajstić information content (AvgIpc) is 3.28. The zero-order chi connectivity index (χ0) is 18.9. The molecule has 0 radical (unpaired) electrons. The Kier molecular flexibility index (Phi) is 9.33. The molecule has 0 aliphatic carbocycles. The summed E-state index contributed by atoms with van der Waals surface area (Å²) in [6, 6.07) is 10.7. The van der Waals surface area contributed by atoms with E-state index in [1.807, 2.05) is 10.9 Å². The van der Waals surface area contributed by atoms with Gasteiger partial charge in [0.1, 0.15) is 0 Å². The van der Waals surface area contributed by atoms with Crippen molar-refractivity contribution >= 4 is 40.8 Å². The van der Waals surface area contributed by atoms with E-state index in [0.29, 0.717) is 0 Å². The highest BCUT2D eigenvalue weighted by molar-refractivity contribution is 14.0. The zero-order valence-corrected chi connectivity index (χ0v) is 19.1. The molecule has 6 nitrogen and oxygen atoms in total. The van der Waals surface area contributed by atoms with E-state index in [0.717, 1.165) is 51.5 Å². The number of hydrogen-bond acceptors (Lipinski definition) is 2.